The molecular weight excluding hydrogens is 426 g/mol. The van der Waals surface area contributed by atoms with E-state index in [1.165, 1.54) is 5.56 Å². The Bertz CT molecular complexity index is 1080. The van der Waals surface area contributed by atoms with Gasteiger partial charge in [0.1, 0.15) is 5.76 Å². The second-order valence-electron chi connectivity index (χ2n) is 9.33. The molecule has 180 valence electrons. The van der Waals surface area contributed by atoms with Gasteiger partial charge in [-0.15, -0.1) is 0 Å². The van der Waals surface area contributed by atoms with Crippen molar-refractivity contribution in [1.82, 2.24) is 14.8 Å². The Hall–Kier alpha value is -3.28. The number of nitrogens with zero attached hydrogens (tertiary/aromatic N) is 2. The van der Waals surface area contributed by atoms with Crippen LogP contribution in [0.2, 0.25) is 0 Å². The van der Waals surface area contributed by atoms with Crippen molar-refractivity contribution in [3.05, 3.63) is 83.6 Å². The summed E-state index contributed by atoms with van der Waals surface area (Å²) in [5, 5.41) is 3.04. The molecule has 0 spiro atoms. The number of amides is 2. The topological polar surface area (TPSA) is 67.5 Å². The molecule has 2 heterocycles. The smallest absolute Gasteiger partial charge is 0.287 e. The number of nitrogens with one attached hydrogen (secondary N) is 1. The van der Waals surface area contributed by atoms with Gasteiger partial charge < -0.3 is 19.2 Å². The molecule has 1 aliphatic carbocycles. The van der Waals surface area contributed by atoms with Crippen LogP contribution >= 0.6 is 0 Å². The Morgan fingerprint density at radius 2 is 1.91 bits per heavy atom. The van der Waals surface area contributed by atoms with Gasteiger partial charge in [0.15, 0.2) is 5.76 Å². The van der Waals surface area contributed by atoms with E-state index in [2.05, 4.69) is 28.9 Å². The number of aromatic nitrogens is 1. The lowest BCUT2D eigenvalue weighted by Crippen LogP contribution is -2.33. The second-order valence-corrected chi connectivity index (χ2v) is 9.33. The summed E-state index contributed by atoms with van der Waals surface area (Å²) in [7, 11) is 0. The van der Waals surface area contributed by atoms with Crippen molar-refractivity contribution < 1.29 is 14.0 Å². The molecule has 1 fully saturated rings. The summed E-state index contributed by atoms with van der Waals surface area (Å²) in [5.41, 5.74) is 2.34. The van der Waals surface area contributed by atoms with E-state index in [1.807, 2.05) is 54.4 Å². The fourth-order valence-electron chi connectivity index (χ4n) is 4.22. The second kappa shape index (κ2) is 11.2. The molecule has 6 heteroatoms. The molecule has 0 bridgehead atoms. The first kappa shape index (κ1) is 23.9. The van der Waals surface area contributed by atoms with E-state index >= 15 is 0 Å². The van der Waals surface area contributed by atoms with Crippen molar-refractivity contribution in [2.45, 2.75) is 65.1 Å². The summed E-state index contributed by atoms with van der Waals surface area (Å²) in [5.74, 6) is 1.34. The maximum absolute atomic E-state index is 12.7. The predicted molar refractivity (Wildman–Crippen MR) is 132 cm³/mol. The zero-order valence-corrected chi connectivity index (χ0v) is 20.2. The molecule has 6 nitrogen and oxygen atoms in total. The summed E-state index contributed by atoms with van der Waals surface area (Å²) in [6.45, 7) is 6.01. The van der Waals surface area contributed by atoms with Gasteiger partial charge in [-0.25, -0.2) is 0 Å². The van der Waals surface area contributed by atoms with Crippen molar-refractivity contribution in [2.24, 2.45) is 5.92 Å². The van der Waals surface area contributed by atoms with Gasteiger partial charge in [0.25, 0.3) is 5.91 Å². The fourth-order valence-corrected chi connectivity index (χ4v) is 4.22. The van der Waals surface area contributed by atoms with Crippen molar-refractivity contribution in [1.29, 1.82) is 0 Å². The average molecular weight is 462 g/mol. The number of carbonyl (C=O) groups is 2. The number of hydrogen-bond donors (Lipinski definition) is 1. The van der Waals surface area contributed by atoms with E-state index in [9.17, 15) is 9.59 Å². The van der Waals surface area contributed by atoms with Gasteiger partial charge in [-0.2, -0.15) is 0 Å². The van der Waals surface area contributed by atoms with Crippen molar-refractivity contribution in [3.63, 3.8) is 0 Å². The average Bonchev–Trinajstić information content (AvgIpc) is 3.44. The van der Waals surface area contributed by atoms with Gasteiger partial charge in [-0.3, -0.25) is 9.59 Å². The highest BCUT2D eigenvalue weighted by Gasteiger charge is 2.33. The number of aryl methyl sites for hydroxylation is 1. The highest BCUT2D eigenvalue weighted by molar-refractivity contribution is 5.91. The summed E-state index contributed by atoms with van der Waals surface area (Å²) in [6, 6.07) is 18.0. The number of carbonyl (C=O) groups excluding carboxylic acids is 2. The molecule has 3 aromatic rings. The van der Waals surface area contributed by atoms with E-state index in [1.54, 1.807) is 6.07 Å². The largest absolute Gasteiger partial charge is 0.454 e. The minimum atomic E-state index is -0.191. The molecule has 0 saturated heterocycles. The van der Waals surface area contributed by atoms with Crippen LogP contribution in [0.5, 0.6) is 0 Å². The summed E-state index contributed by atoms with van der Waals surface area (Å²) >= 11 is 0. The van der Waals surface area contributed by atoms with E-state index in [0.717, 1.165) is 50.1 Å². The lowest BCUT2D eigenvalue weighted by atomic mass is 10.1. The van der Waals surface area contributed by atoms with Gasteiger partial charge in [-0.05, 0) is 68.9 Å². The fraction of sp³-hybridized carbons (Fsp3) is 0.429. The zero-order chi connectivity index (χ0) is 23.9. The Balaban J connectivity index is 1.31. The molecule has 4 rings (SSSR count). The van der Waals surface area contributed by atoms with Gasteiger partial charge in [0.2, 0.25) is 5.91 Å². The third-order valence-electron chi connectivity index (χ3n) is 6.31. The molecular formula is C28H35N3O3. The molecule has 0 radical (unpaired) electrons. The number of hydrogen-bond acceptors (Lipinski definition) is 3. The molecule has 1 unspecified atom stereocenters. The predicted octanol–water partition coefficient (Wildman–Crippen LogP) is 5.03. The molecule has 1 aliphatic rings. The monoisotopic (exact) mass is 461 g/mol. The molecule has 2 amide bonds. The van der Waals surface area contributed by atoms with Gasteiger partial charge >= 0.3 is 0 Å². The lowest BCUT2D eigenvalue weighted by Gasteiger charge is -2.23. The highest BCUT2D eigenvalue weighted by Crippen LogP contribution is 2.31. The quantitative estimate of drug-likeness (QED) is 0.411. The van der Waals surface area contributed by atoms with Crippen LogP contribution in [0, 0.1) is 5.92 Å². The maximum Gasteiger partial charge on any atom is 0.287 e. The molecule has 1 N–H and O–H groups in total. The van der Waals surface area contributed by atoms with Crippen LogP contribution in [-0.2, 0) is 24.3 Å². The van der Waals surface area contributed by atoms with E-state index in [4.69, 9.17) is 4.42 Å². The molecule has 1 atom stereocenters. The third-order valence-corrected chi connectivity index (χ3v) is 6.31. The first-order valence-electron chi connectivity index (χ1n) is 12.4. The highest BCUT2D eigenvalue weighted by atomic mass is 16.4. The van der Waals surface area contributed by atoms with E-state index in [0.29, 0.717) is 18.8 Å². The third kappa shape index (κ3) is 6.40. The molecule has 34 heavy (non-hydrogen) atoms. The Morgan fingerprint density at radius 1 is 1.12 bits per heavy atom. The molecule has 0 aliphatic heterocycles. The van der Waals surface area contributed by atoms with Crippen molar-refractivity contribution >= 4 is 11.8 Å². The zero-order valence-electron chi connectivity index (χ0n) is 20.2. The molecule has 2 aromatic heterocycles. The maximum atomic E-state index is 12.7. The Morgan fingerprint density at radius 3 is 2.65 bits per heavy atom. The van der Waals surface area contributed by atoms with Crippen molar-refractivity contribution in [2.75, 3.05) is 6.54 Å². The number of benzene rings is 1. The van der Waals surface area contributed by atoms with E-state index in [-0.39, 0.29) is 23.8 Å². The summed E-state index contributed by atoms with van der Waals surface area (Å²) in [6.07, 6.45) is 6.75. The van der Waals surface area contributed by atoms with Gasteiger partial charge in [0, 0.05) is 30.4 Å². The Labute approximate surface area is 201 Å². The van der Waals surface area contributed by atoms with Crippen LogP contribution < -0.4 is 5.32 Å². The molecule has 1 aromatic carbocycles. The van der Waals surface area contributed by atoms with Crippen molar-refractivity contribution in [3.8, 4) is 0 Å². The van der Waals surface area contributed by atoms with E-state index < -0.39 is 0 Å². The molecule has 1 saturated carbocycles. The number of rotatable bonds is 12. The van der Waals surface area contributed by atoms with Crippen LogP contribution in [0.25, 0.3) is 0 Å². The van der Waals surface area contributed by atoms with Gasteiger partial charge in [-0.1, -0.05) is 37.3 Å². The normalized spacial score (nSPS) is 14.1. The number of furan rings is 1. The van der Waals surface area contributed by atoms with Crippen LogP contribution in [0.1, 0.15) is 67.1 Å². The minimum Gasteiger partial charge on any atom is -0.454 e. The van der Waals surface area contributed by atoms with Gasteiger partial charge in [0.05, 0.1) is 13.1 Å². The SMILES string of the molecule is CCCN(Cc1cccn1Cc1ccc(C(=O)NC(C)CCc2ccccc2)o1)C(=O)C1CC1. The standard InChI is InChI=1S/C28H35N3O3/c1-3-17-31(28(33)23-13-14-23)19-24-10-7-18-30(24)20-25-15-16-26(34-25)27(32)29-21(2)11-12-22-8-5-4-6-9-22/h4-10,15-16,18,21,23H,3,11-14,17,19-20H2,1-2H3,(H,29,32). The first-order valence-corrected chi connectivity index (χ1v) is 12.4. The first-order chi connectivity index (χ1) is 16.5. The Kier molecular flexibility index (Phi) is 7.88. The lowest BCUT2D eigenvalue weighted by molar-refractivity contribution is -0.133. The van der Waals surface area contributed by atoms with Crippen LogP contribution in [0.4, 0.5) is 0 Å². The van der Waals surface area contributed by atoms with Crippen LogP contribution in [0.3, 0.4) is 0 Å². The van der Waals surface area contributed by atoms with Crippen LogP contribution in [-0.4, -0.2) is 33.9 Å². The summed E-state index contributed by atoms with van der Waals surface area (Å²) < 4.78 is 7.96. The van der Waals surface area contributed by atoms with Crippen LogP contribution in [0.15, 0.2) is 65.2 Å². The minimum absolute atomic E-state index is 0.0471. The summed E-state index contributed by atoms with van der Waals surface area (Å²) in [4.78, 5) is 27.3.